The average Bonchev–Trinajstić information content (AvgIpc) is 3.05. The Morgan fingerprint density at radius 3 is 2.64 bits per heavy atom. The summed E-state index contributed by atoms with van der Waals surface area (Å²) in [6.07, 6.45) is 9.66. The van der Waals surface area contributed by atoms with Gasteiger partial charge >= 0.3 is 0 Å². The zero-order valence-electron chi connectivity index (χ0n) is 11.9. The van der Waals surface area contributed by atoms with Crippen molar-refractivity contribution in [1.29, 1.82) is 0 Å². The smallest absolute Gasteiger partial charge is 0.146 e. The number of rotatable bonds is 5. The molecule has 0 saturated heterocycles. The SMILES string of the molecule is Clc1ccccc1Oc1ccc(C=CCn2ccnc2)cc1. The summed E-state index contributed by atoms with van der Waals surface area (Å²) < 4.78 is 7.76. The molecule has 2 aromatic carbocycles. The summed E-state index contributed by atoms with van der Waals surface area (Å²) >= 11 is 6.08. The van der Waals surface area contributed by atoms with Crippen LogP contribution in [-0.2, 0) is 6.54 Å². The predicted octanol–water partition coefficient (Wildman–Crippen LogP) is 5.04. The molecule has 0 aliphatic heterocycles. The monoisotopic (exact) mass is 310 g/mol. The summed E-state index contributed by atoms with van der Waals surface area (Å²) in [5, 5.41) is 0.604. The number of imidazole rings is 1. The number of halogens is 1. The normalized spacial score (nSPS) is 11.0. The van der Waals surface area contributed by atoms with Crippen molar-refractivity contribution in [3.8, 4) is 11.5 Å². The second-order valence-electron chi connectivity index (χ2n) is 4.76. The lowest BCUT2D eigenvalue weighted by Gasteiger charge is -2.07. The highest BCUT2D eigenvalue weighted by molar-refractivity contribution is 6.32. The molecule has 0 aliphatic carbocycles. The number of nitrogens with zero attached hydrogens (tertiary/aromatic N) is 2. The lowest BCUT2D eigenvalue weighted by Crippen LogP contribution is -1.89. The van der Waals surface area contributed by atoms with E-state index in [4.69, 9.17) is 16.3 Å². The van der Waals surface area contributed by atoms with Gasteiger partial charge in [0.25, 0.3) is 0 Å². The van der Waals surface area contributed by atoms with Crippen LogP contribution in [0.2, 0.25) is 5.02 Å². The fraction of sp³-hybridized carbons (Fsp3) is 0.0556. The first kappa shape index (κ1) is 14.4. The van der Waals surface area contributed by atoms with Gasteiger partial charge in [0.05, 0.1) is 11.3 Å². The number of benzene rings is 2. The Labute approximate surface area is 134 Å². The maximum Gasteiger partial charge on any atom is 0.146 e. The Morgan fingerprint density at radius 1 is 1.09 bits per heavy atom. The minimum absolute atomic E-state index is 0.604. The molecule has 4 heteroatoms. The van der Waals surface area contributed by atoms with Gasteiger partial charge in [0, 0.05) is 18.9 Å². The van der Waals surface area contributed by atoms with E-state index in [-0.39, 0.29) is 0 Å². The van der Waals surface area contributed by atoms with Crippen LogP contribution in [0.25, 0.3) is 6.08 Å². The summed E-state index contributed by atoms with van der Waals surface area (Å²) in [6.45, 7) is 0.803. The van der Waals surface area contributed by atoms with E-state index < -0.39 is 0 Å². The van der Waals surface area contributed by atoms with Crippen molar-refractivity contribution in [2.75, 3.05) is 0 Å². The fourth-order valence-electron chi connectivity index (χ4n) is 2.01. The maximum absolute atomic E-state index is 6.08. The van der Waals surface area contributed by atoms with Gasteiger partial charge in [-0.2, -0.15) is 0 Å². The van der Waals surface area contributed by atoms with E-state index in [0.717, 1.165) is 17.9 Å². The number of aromatic nitrogens is 2. The van der Waals surface area contributed by atoms with Crippen LogP contribution in [0.5, 0.6) is 11.5 Å². The Kier molecular flexibility index (Phi) is 4.56. The number of para-hydroxylation sites is 1. The molecule has 0 spiro atoms. The van der Waals surface area contributed by atoms with Gasteiger partial charge in [-0.1, -0.05) is 48.0 Å². The van der Waals surface area contributed by atoms with Gasteiger partial charge in [-0.05, 0) is 29.8 Å². The molecule has 3 aromatic rings. The summed E-state index contributed by atoms with van der Waals surface area (Å²) in [4.78, 5) is 4.01. The molecule has 0 aliphatic rings. The van der Waals surface area contributed by atoms with Gasteiger partial charge in [0.2, 0.25) is 0 Å². The van der Waals surface area contributed by atoms with Crippen LogP contribution in [0.1, 0.15) is 5.56 Å². The minimum atomic E-state index is 0.604. The lowest BCUT2D eigenvalue weighted by molar-refractivity contribution is 0.483. The summed E-state index contributed by atoms with van der Waals surface area (Å²) in [5.74, 6) is 1.42. The molecule has 3 rings (SSSR count). The third-order valence-electron chi connectivity index (χ3n) is 3.13. The molecule has 0 fully saturated rings. The zero-order valence-corrected chi connectivity index (χ0v) is 12.6. The molecule has 1 aromatic heterocycles. The fourth-order valence-corrected chi connectivity index (χ4v) is 2.18. The zero-order chi connectivity index (χ0) is 15.2. The average molecular weight is 311 g/mol. The Morgan fingerprint density at radius 2 is 1.91 bits per heavy atom. The van der Waals surface area contributed by atoms with Gasteiger partial charge in [-0.3, -0.25) is 0 Å². The van der Waals surface area contributed by atoms with Gasteiger partial charge < -0.3 is 9.30 Å². The van der Waals surface area contributed by atoms with Crippen LogP contribution in [-0.4, -0.2) is 9.55 Å². The molecule has 0 amide bonds. The topological polar surface area (TPSA) is 27.1 Å². The Bertz CT molecular complexity index is 749. The van der Waals surface area contributed by atoms with E-state index in [1.807, 2.05) is 59.3 Å². The van der Waals surface area contributed by atoms with Crippen molar-refractivity contribution in [2.45, 2.75) is 6.54 Å². The van der Waals surface area contributed by atoms with Crippen LogP contribution in [0, 0.1) is 0 Å². The van der Waals surface area contributed by atoms with Crippen molar-refractivity contribution in [3.63, 3.8) is 0 Å². The van der Waals surface area contributed by atoms with Gasteiger partial charge in [-0.25, -0.2) is 4.98 Å². The van der Waals surface area contributed by atoms with Crippen LogP contribution >= 0.6 is 11.6 Å². The van der Waals surface area contributed by atoms with E-state index in [0.29, 0.717) is 10.8 Å². The van der Waals surface area contributed by atoms with Crippen LogP contribution < -0.4 is 4.74 Å². The second-order valence-corrected chi connectivity index (χ2v) is 5.17. The van der Waals surface area contributed by atoms with Crippen molar-refractivity contribution >= 4 is 17.7 Å². The standard InChI is InChI=1S/C18H15ClN2O/c19-17-5-1-2-6-18(17)22-16-9-7-15(8-10-16)4-3-12-21-13-11-20-14-21/h1-11,13-14H,12H2. The number of ether oxygens (including phenoxy) is 1. The van der Waals surface area contributed by atoms with E-state index in [1.165, 1.54) is 0 Å². The highest BCUT2D eigenvalue weighted by atomic mass is 35.5. The first-order valence-electron chi connectivity index (χ1n) is 6.96. The van der Waals surface area contributed by atoms with Crippen LogP contribution in [0.4, 0.5) is 0 Å². The highest BCUT2D eigenvalue weighted by Gasteiger charge is 2.01. The molecule has 0 bridgehead atoms. The second kappa shape index (κ2) is 6.96. The number of hydrogen-bond acceptors (Lipinski definition) is 2. The Balaban J connectivity index is 1.63. The molecule has 0 saturated carbocycles. The Hall–Kier alpha value is -2.52. The molecule has 0 radical (unpaired) electrons. The molecule has 22 heavy (non-hydrogen) atoms. The predicted molar refractivity (Wildman–Crippen MR) is 89.2 cm³/mol. The quantitative estimate of drug-likeness (QED) is 0.660. The highest BCUT2D eigenvalue weighted by Crippen LogP contribution is 2.28. The van der Waals surface area contributed by atoms with Gasteiger partial charge in [-0.15, -0.1) is 0 Å². The molecule has 0 N–H and O–H groups in total. The first-order chi connectivity index (χ1) is 10.8. The van der Waals surface area contributed by atoms with Gasteiger partial charge in [0.1, 0.15) is 11.5 Å². The van der Waals surface area contributed by atoms with E-state index in [1.54, 1.807) is 12.5 Å². The molecular weight excluding hydrogens is 296 g/mol. The van der Waals surface area contributed by atoms with E-state index in [9.17, 15) is 0 Å². The van der Waals surface area contributed by atoms with Gasteiger partial charge in [0.15, 0.2) is 0 Å². The number of allylic oxidation sites excluding steroid dienone is 1. The van der Waals surface area contributed by atoms with E-state index >= 15 is 0 Å². The molecular formula is C18H15ClN2O. The first-order valence-corrected chi connectivity index (χ1v) is 7.34. The van der Waals surface area contributed by atoms with Crippen LogP contribution in [0.3, 0.4) is 0 Å². The van der Waals surface area contributed by atoms with Crippen molar-refractivity contribution in [3.05, 3.63) is 83.9 Å². The molecule has 0 atom stereocenters. The largest absolute Gasteiger partial charge is 0.456 e. The number of hydrogen-bond donors (Lipinski definition) is 0. The van der Waals surface area contributed by atoms with Crippen LogP contribution in [0.15, 0.2) is 73.3 Å². The molecule has 1 heterocycles. The maximum atomic E-state index is 6.08. The third kappa shape index (κ3) is 3.77. The summed E-state index contributed by atoms with van der Waals surface area (Å²) in [7, 11) is 0. The van der Waals surface area contributed by atoms with Crippen molar-refractivity contribution < 1.29 is 4.74 Å². The molecule has 110 valence electrons. The van der Waals surface area contributed by atoms with Crippen molar-refractivity contribution in [2.24, 2.45) is 0 Å². The minimum Gasteiger partial charge on any atom is -0.456 e. The van der Waals surface area contributed by atoms with Crippen molar-refractivity contribution in [1.82, 2.24) is 9.55 Å². The lowest BCUT2D eigenvalue weighted by atomic mass is 10.2. The summed E-state index contributed by atoms with van der Waals surface area (Å²) in [6, 6.07) is 15.3. The molecule has 0 unspecified atom stereocenters. The third-order valence-corrected chi connectivity index (χ3v) is 3.44. The summed E-state index contributed by atoms with van der Waals surface area (Å²) in [5.41, 5.74) is 1.12. The molecule has 3 nitrogen and oxygen atoms in total. The van der Waals surface area contributed by atoms with E-state index in [2.05, 4.69) is 17.1 Å².